The fraction of sp³-hybridized carbons (Fsp3) is 0.385. The van der Waals surface area contributed by atoms with E-state index < -0.39 is 0 Å². The highest BCUT2D eigenvalue weighted by molar-refractivity contribution is 7.09. The van der Waals surface area contributed by atoms with Crippen LogP contribution in [0.4, 0.5) is 4.39 Å². The van der Waals surface area contributed by atoms with Crippen molar-refractivity contribution in [3.05, 3.63) is 81.8 Å². The third-order valence-electron chi connectivity index (χ3n) is 6.67. The van der Waals surface area contributed by atoms with Crippen LogP contribution in [-0.4, -0.2) is 39.1 Å². The summed E-state index contributed by atoms with van der Waals surface area (Å²) in [6.45, 7) is 6.26. The Hall–Kier alpha value is -2.57. The quantitative estimate of drug-likeness (QED) is 0.375. The zero-order valence-corrected chi connectivity index (χ0v) is 19.3. The Kier molecular flexibility index (Phi) is 6.32. The monoisotopic (exact) mass is 448 g/mol. The van der Waals surface area contributed by atoms with Gasteiger partial charge in [-0.15, -0.1) is 11.3 Å². The van der Waals surface area contributed by atoms with Crippen molar-refractivity contribution >= 4 is 22.4 Å². The summed E-state index contributed by atoms with van der Waals surface area (Å²) in [4.78, 5) is 13.4. The first kappa shape index (κ1) is 21.3. The lowest BCUT2D eigenvalue weighted by Gasteiger charge is -2.31. The summed E-state index contributed by atoms with van der Waals surface area (Å²) in [5.41, 5.74) is 6.44. The Morgan fingerprint density at radius 1 is 1.06 bits per heavy atom. The maximum atomic E-state index is 13.4. The molecule has 0 aliphatic carbocycles. The van der Waals surface area contributed by atoms with E-state index in [2.05, 4.69) is 39.6 Å². The maximum Gasteiger partial charge on any atom is 0.123 e. The molecule has 1 fully saturated rings. The molecule has 4 aromatic rings. The Bertz CT molecular complexity index is 1170. The van der Waals surface area contributed by atoms with Gasteiger partial charge in [0, 0.05) is 24.4 Å². The van der Waals surface area contributed by atoms with Crippen molar-refractivity contribution < 1.29 is 4.39 Å². The standard InChI is InChI=1S/C26H29FN4S/c1-19-25(32-18-28-19)12-15-30-13-10-20(11-14-30)16-26-29-23-4-2-3-5-24(23)31(26)17-21-6-8-22(27)9-7-21/h2-9,18,20H,10-17H2,1H3. The molecule has 0 atom stereocenters. The number of hydrogen-bond acceptors (Lipinski definition) is 4. The largest absolute Gasteiger partial charge is 0.323 e. The first-order chi connectivity index (χ1) is 15.7. The van der Waals surface area contributed by atoms with E-state index in [9.17, 15) is 4.39 Å². The topological polar surface area (TPSA) is 34.0 Å². The number of halogens is 1. The van der Waals surface area contributed by atoms with Crippen molar-refractivity contribution in [3.8, 4) is 0 Å². The van der Waals surface area contributed by atoms with Gasteiger partial charge in [0.1, 0.15) is 11.6 Å². The molecule has 1 aliphatic rings. The molecule has 2 aromatic heterocycles. The minimum atomic E-state index is -0.193. The molecule has 5 rings (SSSR count). The SMILES string of the molecule is Cc1ncsc1CCN1CCC(Cc2nc3ccccc3n2Cc2ccc(F)cc2)CC1. The van der Waals surface area contributed by atoms with E-state index in [1.165, 1.54) is 35.5 Å². The summed E-state index contributed by atoms with van der Waals surface area (Å²) in [5, 5.41) is 0. The molecule has 3 heterocycles. The molecule has 0 unspecified atom stereocenters. The second-order valence-corrected chi connectivity index (χ2v) is 9.77. The number of piperidine rings is 1. The van der Waals surface area contributed by atoms with E-state index in [0.29, 0.717) is 5.92 Å². The molecular formula is C26H29FN4S. The molecule has 6 heteroatoms. The van der Waals surface area contributed by atoms with E-state index >= 15 is 0 Å². The summed E-state index contributed by atoms with van der Waals surface area (Å²) < 4.78 is 15.7. The van der Waals surface area contributed by atoms with Crippen LogP contribution in [0.1, 0.15) is 34.8 Å². The Labute approximate surface area is 192 Å². The minimum Gasteiger partial charge on any atom is -0.323 e. The summed E-state index contributed by atoms with van der Waals surface area (Å²) in [6.07, 6.45) is 4.52. The number of nitrogens with zero attached hydrogens (tertiary/aromatic N) is 4. The molecule has 0 saturated carbocycles. The number of aryl methyl sites for hydroxylation is 1. The zero-order valence-electron chi connectivity index (χ0n) is 18.5. The molecular weight excluding hydrogens is 419 g/mol. The van der Waals surface area contributed by atoms with Gasteiger partial charge in [-0.3, -0.25) is 0 Å². The van der Waals surface area contributed by atoms with Gasteiger partial charge in [0.15, 0.2) is 0 Å². The fourth-order valence-corrected chi connectivity index (χ4v) is 5.50. The van der Waals surface area contributed by atoms with Gasteiger partial charge in [0.05, 0.1) is 22.2 Å². The lowest BCUT2D eigenvalue weighted by molar-refractivity contribution is 0.184. The molecule has 0 spiro atoms. The van der Waals surface area contributed by atoms with Crippen LogP contribution in [0.15, 0.2) is 54.0 Å². The van der Waals surface area contributed by atoms with Crippen molar-refractivity contribution in [2.75, 3.05) is 19.6 Å². The van der Waals surface area contributed by atoms with Crippen molar-refractivity contribution in [2.45, 2.75) is 39.2 Å². The van der Waals surface area contributed by atoms with E-state index in [0.717, 1.165) is 61.4 Å². The molecule has 0 N–H and O–H groups in total. The van der Waals surface area contributed by atoms with Crippen LogP contribution in [0.25, 0.3) is 11.0 Å². The van der Waals surface area contributed by atoms with Crippen LogP contribution in [0.2, 0.25) is 0 Å². The third-order valence-corrected chi connectivity index (χ3v) is 7.66. The maximum absolute atomic E-state index is 13.4. The lowest BCUT2D eigenvalue weighted by Crippen LogP contribution is -2.36. The molecule has 1 saturated heterocycles. The summed E-state index contributed by atoms with van der Waals surface area (Å²) in [5.74, 6) is 1.61. The van der Waals surface area contributed by atoms with Crippen LogP contribution in [-0.2, 0) is 19.4 Å². The highest BCUT2D eigenvalue weighted by atomic mass is 32.1. The van der Waals surface area contributed by atoms with Gasteiger partial charge in [-0.25, -0.2) is 14.4 Å². The number of aromatic nitrogens is 3. The van der Waals surface area contributed by atoms with Crippen LogP contribution in [0, 0.1) is 18.7 Å². The summed E-state index contributed by atoms with van der Waals surface area (Å²) in [6, 6.07) is 15.2. The van der Waals surface area contributed by atoms with Gasteiger partial charge in [0.25, 0.3) is 0 Å². The molecule has 0 radical (unpaired) electrons. The minimum absolute atomic E-state index is 0.193. The van der Waals surface area contributed by atoms with Gasteiger partial charge < -0.3 is 9.47 Å². The van der Waals surface area contributed by atoms with Gasteiger partial charge >= 0.3 is 0 Å². The number of fused-ring (bicyclic) bond motifs is 1. The molecule has 166 valence electrons. The first-order valence-corrected chi connectivity index (χ1v) is 12.3. The number of hydrogen-bond donors (Lipinski definition) is 0. The average molecular weight is 449 g/mol. The molecule has 32 heavy (non-hydrogen) atoms. The number of rotatable bonds is 7. The predicted octanol–water partition coefficient (Wildman–Crippen LogP) is 5.49. The second-order valence-electron chi connectivity index (χ2n) is 8.83. The van der Waals surface area contributed by atoms with E-state index in [4.69, 9.17) is 4.98 Å². The van der Waals surface area contributed by atoms with E-state index in [1.807, 2.05) is 23.7 Å². The third kappa shape index (κ3) is 4.76. The Balaban J connectivity index is 1.25. The lowest BCUT2D eigenvalue weighted by atomic mass is 9.93. The summed E-state index contributed by atoms with van der Waals surface area (Å²) in [7, 11) is 0. The molecule has 1 aliphatic heterocycles. The normalized spacial score (nSPS) is 15.6. The highest BCUT2D eigenvalue weighted by Crippen LogP contribution is 2.25. The van der Waals surface area contributed by atoms with Gasteiger partial charge in [-0.1, -0.05) is 24.3 Å². The van der Waals surface area contributed by atoms with Crippen molar-refractivity contribution in [1.82, 2.24) is 19.4 Å². The number of benzene rings is 2. The number of para-hydroxylation sites is 2. The molecule has 2 aromatic carbocycles. The van der Waals surface area contributed by atoms with Crippen LogP contribution in [0.5, 0.6) is 0 Å². The van der Waals surface area contributed by atoms with E-state index in [-0.39, 0.29) is 5.82 Å². The first-order valence-electron chi connectivity index (χ1n) is 11.5. The predicted molar refractivity (Wildman–Crippen MR) is 129 cm³/mol. The molecule has 4 nitrogen and oxygen atoms in total. The van der Waals surface area contributed by atoms with Crippen molar-refractivity contribution in [1.29, 1.82) is 0 Å². The van der Waals surface area contributed by atoms with Gasteiger partial charge in [0.2, 0.25) is 0 Å². The van der Waals surface area contributed by atoms with Crippen LogP contribution < -0.4 is 0 Å². The number of likely N-dealkylation sites (tertiary alicyclic amines) is 1. The highest BCUT2D eigenvalue weighted by Gasteiger charge is 2.22. The smallest absolute Gasteiger partial charge is 0.123 e. The average Bonchev–Trinajstić information content (AvgIpc) is 3.38. The van der Waals surface area contributed by atoms with Crippen molar-refractivity contribution in [2.24, 2.45) is 5.92 Å². The zero-order chi connectivity index (χ0) is 21.9. The second kappa shape index (κ2) is 9.51. The van der Waals surface area contributed by atoms with E-state index in [1.54, 1.807) is 11.3 Å². The number of imidazole rings is 1. The fourth-order valence-electron chi connectivity index (χ4n) is 4.73. The Morgan fingerprint density at radius 3 is 2.59 bits per heavy atom. The van der Waals surface area contributed by atoms with Crippen LogP contribution in [0.3, 0.4) is 0 Å². The van der Waals surface area contributed by atoms with Crippen molar-refractivity contribution in [3.63, 3.8) is 0 Å². The summed E-state index contributed by atoms with van der Waals surface area (Å²) >= 11 is 1.78. The van der Waals surface area contributed by atoms with Crippen LogP contribution >= 0.6 is 11.3 Å². The molecule has 0 amide bonds. The Morgan fingerprint density at radius 2 is 1.84 bits per heavy atom. The molecule has 0 bridgehead atoms. The number of thiazole rings is 1. The van der Waals surface area contributed by atoms with Gasteiger partial charge in [-0.05, 0) is 75.0 Å². The van der Waals surface area contributed by atoms with Gasteiger partial charge in [-0.2, -0.15) is 0 Å².